The van der Waals surface area contributed by atoms with Crippen molar-refractivity contribution >= 4 is 0 Å². The molecule has 0 N–H and O–H groups in total. The van der Waals surface area contributed by atoms with Crippen molar-refractivity contribution in [1.82, 2.24) is 0 Å². The molecule has 154 valence electrons. The van der Waals surface area contributed by atoms with Gasteiger partial charge in [0.2, 0.25) is 0 Å². The van der Waals surface area contributed by atoms with Gasteiger partial charge < -0.3 is 6.16 Å². The molecule has 1 nitrogen and oxygen atoms in total. The van der Waals surface area contributed by atoms with Crippen molar-refractivity contribution < 1.29 is 57.5 Å². The summed E-state index contributed by atoms with van der Waals surface area (Å²) in [7, 11) is 0. The molecule has 0 bridgehead atoms. The first-order valence-corrected chi connectivity index (χ1v) is 12.0. The zero-order valence-corrected chi connectivity index (χ0v) is 22.1. The first-order chi connectivity index (χ1) is 12.4. The van der Waals surface area contributed by atoms with E-state index >= 15 is 0 Å². The second-order valence-corrected chi connectivity index (χ2v) is 7.98. The minimum absolute atomic E-state index is 0. The molecule has 0 aliphatic carbocycles. The van der Waals surface area contributed by atoms with Crippen LogP contribution in [-0.2, 0) is 4.74 Å². The quantitative estimate of drug-likeness (QED) is 0.162. The smallest absolute Gasteiger partial charge is 1.00 e. The van der Waals surface area contributed by atoms with E-state index in [-0.39, 0.29) is 52.8 Å². The van der Waals surface area contributed by atoms with Gasteiger partial charge in [0.05, 0.1) is 0 Å². The first-order valence-electron chi connectivity index (χ1n) is 12.0. The molecule has 0 unspecified atom stereocenters. The zero-order chi connectivity index (χ0) is 18.3. The molecule has 0 heterocycles. The molecule has 2 heteroatoms. The van der Waals surface area contributed by atoms with E-state index in [1.165, 1.54) is 128 Å². The van der Waals surface area contributed by atoms with Crippen molar-refractivity contribution in [3.8, 4) is 0 Å². The number of hydrogen-bond acceptors (Lipinski definition) is 1. The Hall–Kier alpha value is 1.60. The summed E-state index contributed by atoms with van der Waals surface area (Å²) in [6, 6.07) is 0. The van der Waals surface area contributed by atoms with Crippen LogP contribution in [0.25, 0.3) is 0 Å². The Kier molecular flexibility index (Phi) is 33.0. The zero-order valence-electron chi connectivity index (χ0n) is 20.0. The van der Waals surface area contributed by atoms with Crippen LogP contribution < -0.4 is 51.4 Å². The standard InChI is InChI=1S/C24H50O.K.H/c1-3-5-7-9-11-13-15-17-19-21-23-25-24-22-20-18-16-14-12-10-8-6-4-2;;/h3-24H2,1-2H3;;/q;+1;-1. The Balaban J connectivity index is -0.00000288. The minimum Gasteiger partial charge on any atom is -1.00 e. The Morgan fingerprint density at radius 2 is 0.615 bits per heavy atom. The summed E-state index contributed by atoms with van der Waals surface area (Å²) in [5.41, 5.74) is 0. The van der Waals surface area contributed by atoms with Crippen molar-refractivity contribution in [1.29, 1.82) is 0 Å². The molecule has 0 aromatic rings. The fourth-order valence-corrected chi connectivity index (χ4v) is 3.49. The molecule has 26 heavy (non-hydrogen) atoms. The first kappa shape index (κ1) is 29.8. The molecule has 0 aromatic heterocycles. The Labute approximate surface area is 211 Å². The average molecular weight is 395 g/mol. The second-order valence-electron chi connectivity index (χ2n) is 7.98. The van der Waals surface area contributed by atoms with Crippen LogP contribution in [0.3, 0.4) is 0 Å². The van der Waals surface area contributed by atoms with E-state index < -0.39 is 0 Å². The van der Waals surface area contributed by atoms with Crippen LogP contribution in [0, 0.1) is 0 Å². The fraction of sp³-hybridized carbons (Fsp3) is 1.00. The van der Waals surface area contributed by atoms with Crippen molar-refractivity contribution in [3.05, 3.63) is 0 Å². The van der Waals surface area contributed by atoms with Crippen LogP contribution in [0.5, 0.6) is 0 Å². The SMILES string of the molecule is CCCCCCCCCCCCOCCCCCCCCCCCC.[H-].[K+]. The summed E-state index contributed by atoms with van der Waals surface area (Å²) < 4.78 is 5.78. The van der Waals surface area contributed by atoms with Crippen molar-refractivity contribution in [2.75, 3.05) is 13.2 Å². The molecular weight excluding hydrogens is 343 g/mol. The summed E-state index contributed by atoms with van der Waals surface area (Å²) in [5.74, 6) is 0. The second kappa shape index (κ2) is 28.8. The van der Waals surface area contributed by atoms with E-state index in [2.05, 4.69) is 13.8 Å². The van der Waals surface area contributed by atoms with Gasteiger partial charge in [0.1, 0.15) is 0 Å². The predicted octanol–water partition coefficient (Wildman–Crippen LogP) is 5.96. The molecule has 0 amide bonds. The third-order valence-electron chi connectivity index (χ3n) is 5.28. The maximum Gasteiger partial charge on any atom is 1.00 e. The molecule has 0 aliphatic rings. The van der Waals surface area contributed by atoms with Crippen LogP contribution in [0.4, 0.5) is 0 Å². The predicted molar refractivity (Wildman–Crippen MR) is 116 cm³/mol. The summed E-state index contributed by atoms with van der Waals surface area (Å²) in [4.78, 5) is 0. The molecule has 0 spiro atoms. The Morgan fingerprint density at radius 1 is 0.385 bits per heavy atom. The van der Waals surface area contributed by atoms with Gasteiger partial charge in [-0.1, -0.05) is 129 Å². The van der Waals surface area contributed by atoms with Gasteiger partial charge >= 0.3 is 51.4 Å². The summed E-state index contributed by atoms with van der Waals surface area (Å²) >= 11 is 0. The van der Waals surface area contributed by atoms with E-state index in [0.29, 0.717) is 0 Å². The Bertz CT molecular complexity index is 204. The van der Waals surface area contributed by atoms with E-state index in [4.69, 9.17) is 4.74 Å². The number of rotatable bonds is 22. The van der Waals surface area contributed by atoms with E-state index in [1.807, 2.05) is 0 Å². The summed E-state index contributed by atoms with van der Waals surface area (Å²) in [6.45, 7) is 6.57. The topological polar surface area (TPSA) is 9.23 Å². The molecule has 0 fully saturated rings. The summed E-state index contributed by atoms with van der Waals surface area (Å²) in [6.07, 6.45) is 28.2. The van der Waals surface area contributed by atoms with Gasteiger partial charge in [0, 0.05) is 13.2 Å². The van der Waals surface area contributed by atoms with Crippen LogP contribution in [-0.4, -0.2) is 13.2 Å². The minimum atomic E-state index is 0. The molecule has 0 atom stereocenters. The summed E-state index contributed by atoms with van der Waals surface area (Å²) in [5, 5.41) is 0. The van der Waals surface area contributed by atoms with Gasteiger partial charge in [0.25, 0.3) is 0 Å². The normalized spacial score (nSPS) is 10.8. The molecule has 0 saturated carbocycles. The molecule has 0 rings (SSSR count). The van der Waals surface area contributed by atoms with Crippen LogP contribution in [0.15, 0.2) is 0 Å². The van der Waals surface area contributed by atoms with Gasteiger partial charge in [-0.05, 0) is 12.8 Å². The van der Waals surface area contributed by atoms with Crippen molar-refractivity contribution in [2.24, 2.45) is 0 Å². The maximum absolute atomic E-state index is 5.78. The van der Waals surface area contributed by atoms with Gasteiger partial charge in [-0.2, -0.15) is 0 Å². The van der Waals surface area contributed by atoms with Crippen molar-refractivity contribution in [3.63, 3.8) is 0 Å². The van der Waals surface area contributed by atoms with E-state index in [0.717, 1.165) is 13.2 Å². The van der Waals surface area contributed by atoms with Gasteiger partial charge in [-0.15, -0.1) is 0 Å². The van der Waals surface area contributed by atoms with Crippen LogP contribution >= 0.6 is 0 Å². The van der Waals surface area contributed by atoms with Crippen LogP contribution in [0.1, 0.15) is 144 Å². The third kappa shape index (κ3) is 27.8. The van der Waals surface area contributed by atoms with Crippen LogP contribution in [0.2, 0.25) is 0 Å². The largest absolute Gasteiger partial charge is 1.00 e. The molecule has 0 radical (unpaired) electrons. The average Bonchev–Trinajstić information content (AvgIpc) is 2.63. The number of ether oxygens (including phenoxy) is 1. The Morgan fingerprint density at radius 3 is 0.885 bits per heavy atom. The fourth-order valence-electron chi connectivity index (χ4n) is 3.49. The molecule has 0 aromatic carbocycles. The number of hydrogen-bond donors (Lipinski definition) is 0. The van der Waals surface area contributed by atoms with Crippen molar-refractivity contribution in [2.45, 2.75) is 142 Å². The van der Waals surface area contributed by atoms with E-state index in [9.17, 15) is 0 Å². The molecule has 0 aliphatic heterocycles. The molecule has 0 saturated heterocycles. The monoisotopic (exact) mass is 394 g/mol. The van der Waals surface area contributed by atoms with Gasteiger partial charge in [-0.25, -0.2) is 0 Å². The van der Waals surface area contributed by atoms with Gasteiger partial charge in [-0.3, -0.25) is 0 Å². The molecular formula is C24H51KO. The number of unbranched alkanes of at least 4 members (excludes halogenated alkanes) is 18. The van der Waals surface area contributed by atoms with Gasteiger partial charge in [0.15, 0.2) is 0 Å². The maximum atomic E-state index is 5.78. The van der Waals surface area contributed by atoms with E-state index in [1.54, 1.807) is 0 Å². The third-order valence-corrected chi connectivity index (χ3v) is 5.28.